The lowest BCUT2D eigenvalue weighted by molar-refractivity contribution is 0.102. The van der Waals surface area contributed by atoms with Gasteiger partial charge in [-0.3, -0.25) is 9.48 Å². The molecule has 0 saturated heterocycles. The first-order valence-electron chi connectivity index (χ1n) is 4.55. The molecule has 0 aliphatic carbocycles. The largest absolute Gasteiger partial charge is 0.382 e. The van der Waals surface area contributed by atoms with E-state index in [9.17, 15) is 4.79 Å². The Balaban J connectivity index is 2.15. The van der Waals surface area contributed by atoms with Crippen molar-refractivity contribution in [1.29, 1.82) is 0 Å². The summed E-state index contributed by atoms with van der Waals surface area (Å²) >= 11 is 0. The normalized spacial score (nSPS) is 10.1. The molecule has 7 nitrogen and oxygen atoms in total. The highest BCUT2D eigenvalue weighted by molar-refractivity contribution is 6.02. The zero-order chi connectivity index (χ0) is 11.5. The lowest BCUT2D eigenvalue weighted by Gasteiger charge is -2.03. The number of nitrogen functional groups attached to an aromatic ring is 1. The molecule has 0 radical (unpaired) electrons. The number of rotatable bonds is 2. The first-order chi connectivity index (χ1) is 7.66. The number of nitrogens with zero attached hydrogens (tertiary/aromatic N) is 4. The van der Waals surface area contributed by atoms with Crippen molar-refractivity contribution in [3.05, 3.63) is 30.1 Å². The van der Waals surface area contributed by atoms with Gasteiger partial charge in [-0.2, -0.15) is 5.10 Å². The van der Waals surface area contributed by atoms with Crippen LogP contribution in [-0.2, 0) is 7.05 Å². The van der Waals surface area contributed by atoms with E-state index in [1.54, 1.807) is 24.0 Å². The van der Waals surface area contributed by atoms with Crippen molar-refractivity contribution >= 4 is 17.5 Å². The van der Waals surface area contributed by atoms with Crippen molar-refractivity contribution in [3.8, 4) is 0 Å². The minimum absolute atomic E-state index is 0.204. The molecule has 0 fully saturated rings. The van der Waals surface area contributed by atoms with Crippen LogP contribution in [0.15, 0.2) is 24.4 Å². The summed E-state index contributed by atoms with van der Waals surface area (Å²) in [5.74, 6) is 0.511. The van der Waals surface area contributed by atoms with E-state index in [2.05, 4.69) is 20.6 Å². The van der Waals surface area contributed by atoms with Gasteiger partial charge < -0.3 is 11.1 Å². The second-order valence-corrected chi connectivity index (χ2v) is 3.14. The number of hydrogen-bond donors (Lipinski definition) is 2. The minimum Gasteiger partial charge on any atom is -0.382 e. The van der Waals surface area contributed by atoms with Gasteiger partial charge in [0.2, 0.25) is 0 Å². The highest BCUT2D eigenvalue weighted by Gasteiger charge is 2.09. The fourth-order valence-corrected chi connectivity index (χ4v) is 1.14. The second kappa shape index (κ2) is 3.97. The predicted molar refractivity (Wildman–Crippen MR) is 57.6 cm³/mol. The molecule has 0 aromatic carbocycles. The summed E-state index contributed by atoms with van der Waals surface area (Å²) in [5.41, 5.74) is 5.57. The summed E-state index contributed by atoms with van der Waals surface area (Å²) in [6.45, 7) is 0. The number of amides is 1. The van der Waals surface area contributed by atoms with E-state index >= 15 is 0 Å². The van der Waals surface area contributed by atoms with Crippen molar-refractivity contribution < 1.29 is 4.79 Å². The molecule has 7 heteroatoms. The van der Waals surface area contributed by atoms with E-state index in [0.29, 0.717) is 5.82 Å². The Kier molecular flexibility index (Phi) is 2.50. The van der Waals surface area contributed by atoms with Crippen LogP contribution in [0.2, 0.25) is 0 Å². The lowest BCUT2D eigenvalue weighted by Crippen LogP contribution is -2.16. The van der Waals surface area contributed by atoms with Crippen LogP contribution in [0.4, 0.5) is 11.6 Å². The third kappa shape index (κ3) is 1.97. The fraction of sp³-hybridized carbons (Fsp3) is 0.111. The van der Waals surface area contributed by atoms with Crippen molar-refractivity contribution in [2.24, 2.45) is 7.05 Å². The Bertz CT molecular complexity index is 503. The molecule has 0 atom stereocenters. The number of aryl methyl sites for hydroxylation is 1. The van der Waals surface area contributed by atoms with E-state index in [1.165, 1.54) is 12.1 Å². The SMILES string of the molecule is Cn1nccc1NC(=O)c1ccc(N)nn1. The Morgan fingerprint density at radius 3 is 2.75 bits per heavy atom. The molecule has 1 amide bonds. The average Bonchev–Trinajstić information content (AvgIpc) is 2.65. The molecule has 2 heterocycles. The summed E-state index contributed by atoms with van der Waals surface area (Å²) in [7, 11) is 1.73. The highest BCUT2D eigenvalue weighted by atomic mass is 16.2. The lowest BCUT2D eigenvalue weighted by atomic mass is 10.3. The maximum atomic E-state index is 11.7. The third-order valence-corrected chi connectivity index (χ3v) is 1.98. The maximum Gasteiger partial charge on any atom is 0.277 e. The van der Waals surface area contributed by atoms with Gasteiger partial charge in [0.05, 0.1) is 6.20 Å². The van der Waals surface area contributed by atoms with Gasteiger partial charge >= 0.3 is 0 Å². The second-order valence-electron chi connectivity index (χ2n) is 3.14. The van der Waals surface area contributed by atoms with Crippen molar-refractivity contribution in [3.63, 3.8) is 0 Å². The van der Waals surface area contributed by atoms with Crippen LogP contribution >= 0.6 is 0 Å². The molecule has 0 aliphatic rings. The standard InChI is InChI=1S/C9H10N6O/c1-15-8(4-5-11-15)12-9(16)6-2-3-7(10)14-13-6/h2-5H,1H3,(H2,10,14)(H,12,16). The molecule has 3 N–H and O–H groups in total. The highest BCUT2D eigenvalue weighted by Crippen LogP contribution is 2.06. The molecule has 2 rings (SSSR count). The molecule has 16 heavy (non-hydrogen) atoms. The van der Waals surface area contributed by atoms with E-state index < -0.39 is 0 Å². The average molecular weight is 218 g/mol. The summed E-state index contributed by atoms with van der Waals surface area (Å²) in [6, 6.07) is 4.71. The Labute approximate surface area is 91.3 Å². The predicted octanol–water partition coefficient (Wildman–Crippen LogP) is 0.0446. The topological polar surface area (TPSA) is 98.7 Å². The summed E-state index contributed by atoms with van der Waals surface area (Å²) in [5, 5.41) is 13.8. The molecule has 2 aromatic rings. The van der Waals surface area contributed by atoms with Crippen molar-refractivity contribution in [1.82, 2.24) is 20.0 Å². The molecule has 0 unspecified atom stereocenters. The van der Waals surface area contributed by atoms with E-state index in [1.807, 2.05) is 0 Å². The molecule has 0 aliphatic heterocycles. The quantitative estimate of drug-likeness (QED) is 0.741. The van der Waals surface area contributed by atoms with Gasteiger partial charge in [-0.05, 0) is 12.1 Å². The van der Waals surface area contributed by atoms with Gasteiger partial charge in [0.15, 0.2) is 5.69 Å². The summed E-state index contributed by atoms with van der Waals surface area (Å²) < 4.78 is 1.54. The van der Waals surface area contributed by atoms with E-state index in [4.69, 9.17) is 5.73 Å². The molecule has 2 aromatic heterocycles. The summed E-state index contributed by atoms with van der Waals surface area (Å²) in [6.07, 6.45) is 1.59. The molecule has 0 saturated carbocycles. The van der Waals surface area contributed by atoms with Crippen LogP contribution in [0.25, 0.3) is 0 Å². The van der Waals surface area contributed by atoms with Gasteiger partial charge in [0.1, 0.15) is 11.6 Å². The zero-order valence-corrected chi connectivity index (χ0v) is 8.58. The Hall–Kier alpha value is -2.44. The third-order valence-electron chi connectivity index (χ3n) is 1.98. The van der Waals surface area contributed by atoms with Crippen LogP contribution in [0.1, 0.15) is 10.5 Å². The van der Waals surface area contributed by atoms with Crippen LogP contribution in [-0.4, -0.2) is 25.9 Å². The number of hydrogen-bond acceptors (Lipinski definition) is 5. The van der Waals surface area contributed by atoms with Crippen molar-refractivity contribution in [2.45, 2.75) is 0 Å². The molecular formula is C9H10N6O. The Morgan fingerprint density at radius 1 is 1.38 bits per heavy atom. The van der Waals surface area contributed by atoms with Gasteiger partial charge in [-0.15, -0.1) is 10.2 Å². The molecular weight excluding hydrogens is 208 g/mol. The number of anilines is 2. The molecule has 0 spiro atoms. The molecule has 0 bridgehead atoms. The van der Waals surface area contributed by atoms with Crippen LogP contribution < -0.4 is 11.1 Å². The van der Waals surface area contributed by atoms with Gasteiger partial charge in [0, 0.05) is 13.1 Å². The fourth-order valence-electron chi connectivity index (χ4n) is 1.14. The Morgan fingerprint density at radius 2 is 2.19 bits per heavy atom. The van der Waals surface area contributed by atoms with Gasteiger partial charge in [-0.1, -0.05) is 0 Å². The first-order valence-corrected chi connectivity index (χ1v) is 4.55. The number of nitrogens with two attached hydrogens (primary N) is 1. The van der Waals surface area contributed by atoms with E-state index in [-0.39, 0.29) is 17.4 Å². The van der Waals surface area contributed by atoms with Gasteiger partial charge in [0.25, 0.3) is 5.91 Å². The number of nitrogens with one attached hydrogen (secondary N) is 1. The number of aromatic nitrogens is 4. The first kappa shape index (κ1) is 10.1. The summed E-state index contributed by atoms with van der Waals surface area (Å²) in [4.78, 5) is 11.7. The smallest absolute Gasteiger partial charge is 0.277 e. The monoisotopic (exact) mass is 218 g/mol. The number of carbonyl (C=O) groups excluding carboxylic acids is 1. The van der Waals surface area contributed by atoms with Crippen LogP contribution in [0.3, 0.4) is 0 Å². The molecule has 82 valence electrons. The van der Waals surface area contributed by atoms with Crippen molar-refractivity contribution in [2.75, 3.05) is 11.1 Å². The minimum atomic E-state index is -0.351. The van der Waals surface area contributed by atoms with Crippen LogP contribution in [0, 0.1) is 0 Å². The zero-order valence-electron chi connectivity index (χ0n) is 8.58. The van der Waals surface area contributed by atoms with Crippen LogP contribution in [0.5, 0.6) is 0 Å². The number of carbonyl (C=O) groups is 1. The van der Waals surface area contributed by atoms with E-state index in [0.717, 1.165) is 0 Å². The maximum absolute atomic E-state index is 11.7. The van der Waals surface area contributed by atoms with Gasteiger partial charge in [-0.25, -0.2) is 0 Å².